The largest absolute Gasteiger partial charge is 0.360 e. The Hall–Kier alpha value is -1.78. The van der Waals surface area contributed by atoms with Gasteiger partial charge in [-0.15, -0.1) is 0 Å². The van der Waals surface area contributed by atoms with Crippen LogP contribution in [-0.4, -0.2) is 10.9 Å². The van der Waals surface area contributed by atoms with E-state index >= 15 is 0 Å². The molecule has 0 saturated heterocycles. The summed E-state index contributed by atoms with van der Waals surface area (Å²) in [5, 5.41) is 4.36. The van der Waals surface area contributed by atoms with Crippen molar-refractivity contribution in [2.45, 2.75) is 0 Å². The molecule has 3 rings (SSSR count). The molecule has 1 amide bonds. The lowest BCUT2D eigenvalue weighted by Crippen LogP contribution is -2.11. The lowest BCUT2D eigenvalue weighted by molar-refractivity contribution is 0.102. The summed E-state index contributed by atoms with van der Waals surface area (Å²) in [7, 11) is 0. The number of carbonyl (C=O) groups is 1. The highest BCUT2D eigenvalue weighted by Gasteiger charge is 2.13. The van der Waals surface area contributed by atoms with E-state index < -0.39 is 0 Å². The number of amides is 1. The van der Waals surface area contributed by atoms with E-state index in [9.17, 15) is 4.79 Å². The molecule has 0 spiro atoms. The van der Waals surface area contributed by atoms with Crippen LogP contribution in [0.1, 0.15) is 10.4 Å². The van der Waals surface area contributed by atoms with Crippen LogP contribution < -0.4 is 5.32 Å². The van der Waals surface area contributed by atoms with Gasteiger partial charge in [-0.3, -0.25) is 4.79 Å². The summed E-state index contributed by atoms with van der Waals surface area (Å²) in [5.41, 5.74) is 2.17. The van der Waals surface area contributed by atoms with Crippen molar-refractivity contribution in [1.29, 1.82) is 0 Å². The maximum Gasteiger partial charge on any atom is 0.257 e. The molecule has 0 atom stereocenters. The summed E-state index contributed by atoms with van der Waals surface area (Å²) in [6.07, 6.45) is 1.69. The summed E-state index contributed by atoms with van der Waals surface area (Å²) < 4.78 is 0.844. The van der Waals surface area contributed by atoms with E-state index in [2.05, 4.69) is 26.2 Å². The molecule has 3 nitrogen and oxygen atoms in total. The summed E-state index contributed by atoms with van der Waals surface area (Å²) in [6, 6.07) is 12.9. The summed E-state index contributed by atoms with van der Waals surface area (Å²) >= 11 is 9.34. The van der Waals surface area contributed by atoms with E-state index in [0.29, 0.717) is 10.6 Å². The predicted molar refractivity (Wildman–Crippen MR) is 85.4 cm³/mol. The van der Waals surface area contributed by atoms with Crippen molar-refractivity contribution >= 4 is 50.0 Å². The fourth-order valence-corrected chi connectivity index (χ4v) is 2.59. The van der Waals surface area contributed by atoms with Crippen LogP contribution in [0.5, 0.6) is 0 Å². The van der Waals surface area contributed by atoms with Gasteiger partial charge in [0.2, 0.25) is 0 Å². The second-order valence-corrected chi connectivity index (χ2v) is 5.62. The number of halogens is 2. The molecule has 0 saturated carbocycles. The molecule has 0 aliphatic heterocycles. The van der Waals surface area contributed by atoms with Gasteiger partial charge in [-0.2, -0.15) is 0 Å². The van der Waals surface area contributed by atoms with Crippen molar-refractivity contribution < 1.29 is 4.79 Å². The highest BCUT2D eigenvalue weighted by Crippen LogP contribution is 2.25. The molecule has 2 aromatic carbocycles. The fourth-order valence-electron chi connectivity index (χ4n) is 2.04. The Morgan fingerprint density at radius 1 is 1.20 bits per heavy atom. The highest BCUT2D eigenvalue weighted by molar-refractivity contribution is 9.10. The Balaban J connectivity index is 1.95. The van der Waals surface area contributed by atoms with Crippen molar-refractivity contribution in [3.8, 4) is 0 Å². The van der Waals surface area contributed by atoms with Gasteiger partial charge in [0.05, 0.1) is 11.3 Å². The zero-order chi connectivity index (χ0) is 14.1. The van der Waals surface area contributed by atoms with E-state index in [-0.39, 0.29) is 5.91 Å². The molecule has 1 heterocycles. The minimum absolute atomic E-state index is 0.162. The minimum Gasteiger partial charge on any atom is -0.360 e. The number of anilines is 1. The lowest BCUT2D eigenvalue weighted by Gasteiger charge is -2.06. The first kappa shape index (κ1) is 13.2. The topological polar surface area (TPSA) is 44.9 Å². The molecule has 1 aromatic heterocycles. The van der Waals surface area contributed by atoms with E-state index in [1.807, 2.05) is 30.3 Å². The Morgan fingerprint density at radius 2 is 2.00 bits per heavy atom. The van der Waals surface area contributed by atoms with E-state index in [1.165, 1.54) is 0 Å². The van der Waals surface area contributed by atoms with Gasteiger partial charge >= 0.3 is 0 Å². The van der Waals surface area contributed by atoms with Crippen LogP contribution in [0.3, 0.4) is 0 Å². The van der Waals surface area contributed by atoms with Gasteiger partial charge in [-0.25, -0.2) is 0 Å². The highest BCUT2D eigenvalue weighted by atomic mass is 79.9. The number of nitrogens with one attached hydrogen (secondary N) is 2. The number of aromatic nitrogens is 1. The first-order chi connectivity index (χ1) is 9.65. The minimum atomic E-state index is -0.162. The molecule has 2 N–H and O–H groups in total. The summed E-state index contributed by atoms with van der Waals surface area (Å²) in [4.78, 5) is 15.4. The number of para-hydroxylation sites is 1. The Kier molecular flexibility index (Phi) is 3.51. The first-order valence-electron chi connectivity index (χ1n) is 5.97. The van der Waals surface area contributed by atoms with Gasteiger partial charge in [-0.05, 0) is 40.2 Å². The summed E-state index contributed by atoms with van der Waals surface area (Å²) in [5.74, 6) is -0.162. The van der Waals surface area contributed by atoms with Crippen molar-refractivity contribution in [2.24, 2.45) is 0 Å². The van der Waals surface area contributed by atoms with Gasteiger partial charge in [0.25, 0.3) is 5.91 Å². The molecular weight excluding hydrogens is 340 g/mol. The third kappa shape index (κ3) is 2.44. The predicted octanol–water partition coefficient (Wildman–Crippen LogP) is 4.84. The quantitative estimate of drug-likeness (QED) is 0.683. The molecule has 5 heteroatoms. The monoisotopic (exact) mass is 348 g/mol. The van der Waals surface area contributed by atoms with Crippen LogP contribution in [0.2, 0.25) is 5.02 Å². The maximum atomic E-state index is 12.3. The molecule has 0 aliphatic carbocycles. The van der Waals surface area contributed by atoms with Crippen molar-refractivity contribution in [3.63, 3.8) is 0 Å². The molecule has 0 bridgehead atoms. The van der Waals surface area contributed by atoms with Crippen LogP contribution in [0, 0.1) is 0 Å². The molecule has 0 radical (unpaired) electrons. The van der Waals surface area contributed by atoms with Crippen molar-refractivity contribution in [1.82, 2.24) is 4.98 Å². The number of benzene rings is 2. The Morgan fingerprint density at radius 3 is 2.80 bits per heavy atom. The second kappa shape index (κ2) is 5.31. The van der Waals surface area contributed by atoms with Crippen LogP contribution >= 0.6 is 27.5 Å². The lowest BCUT2D eigenvalue weighted by atomic mass is 10.1. The Labute approximate surface area is 129 Å². The SMILES string of the molecule is O=C(Nc1ccccc1Br)c1c[nH]c2cc(Cl)ccc12. The van der Waals surface area contributed by atoms with E-state index in [4.69, 9.17) is 11.6 Å². The number of carbonyl (C=O) groups excluding carboxylic acids is 1. The fraction of sp³-hybridized carbons (Fsp3) is 0. The van der Waals surface area contributed by atoms with Crippen molar-refractivity contribution in [3.05, 3.63) is 63.7 Å². The average Bonchev–Trinajstić information content (AvgIpc) is 2.84. The van der Waals surface area contributed by atoms with E-state index in [0.717, 1.165) is 21.1 Å². The second-order valence-electron chi connectivity index (χ2n) is 4.33. The van der Waals surface area contributed by atoms with Crippen LogP contribution in [0.25, 0.3) is 10.9 Å². The number of H-pyrrole nitrogens is 1. The van der Waals surface area contributed by atoms with Gasteiger partial charge in [-0.1, -0.05) is 29.8 Å². The number of rotatable bonds is 2. The Bertz CT molecular complexity index is 797. The zero-order valence-corrected chi connectivity index (χ0v) is 12.6. The normalized spacial score (nSPS) is 10.7. The molecule has 3 aromatic rings. The molecule has 0 unspecified atom stereocenters. The standard InChI is InChI=1S/C15H10BrClN2O/c16-12-3-1-2-4-13(12)19-15(20)11-8-18-14-7-9(17)5-6-10(11)14/h1-8,18H,(H,19,20). The van der Waals surface area contributed by atoms with Crippen molar-refractivity contribution in [2.75, 3.05) is 5.32 Å². The number of fused-ring (bicyclic) bond motifs is 1. The number of hydrogen-bond acceptors (Lipinski definition) is 1. The molecule has 100 valence electrons. The van der Waals surface area contributed by atoms with Gasteiger partial charge in [0, 0.05) is 26.6 Å². The smallest absolute Gasteiger partial charge is 0.257 e. The van der Waals surface area contributed by atoms with Gasteiger partial charge < -0.3 is 10.3 Å². The average molecular weight is 350 g/mol. The maximum absolute atomic E-state index is 12.3. The molecular formula is C15H10BrClN2O. The van der Waals surface area contributed by atoms with Gasteiger partial charge in [0.1, 0.15) is 0 Å². The first-order valence-corrected chi connectivity index (χ1v) is 7.15. The number of hydrogen-bond donors (Lipinski definition) is 2. The molecule has 0 aliphatic rings. The number of aromatic amines is 1. The van der Waals surface area contributed by atoms with E-state index in [1.54, 1.807) is 18.3 Å². The molecule has 0 fully saturated rings. The molecule has 20 heavy (non-hydrogen) atoms. The van der Waals surface area contributed by atoms with Gasteiger partial charge in [0.15, 0.2) is 0 Å². The van der Waals surface area contributed by atoms with Crippen LogP contribution in [-0.2, 0) is 0 Å². The van der Waals surface area contributed by atoms with Crippen LogP contribution in [0.15, 0.2) is 53.1 Å². The van der Waals surface area contributed by atoms with Crippen LogP contribution in [0.4, 0.5) is 5.69 Å². The zero-order valence-electron chi connectivity index (χ0n) is 10.3. The third-order valence-electron chi connectivity index (χ3n) is 3.01. The third-order valence-corrected chi connectivity index (χ3v) is 3.94. The summed E-state index contributed by atoms with van der Waals surface area (Å²) in [6.45, 7) is 0.